The standard InChI is InChI=1S/C10H15N3/c1-4-5-6-11-9(2)10-7-12-13(3)8-10/h7-9,11H,6H2,1-3H3. The van der Waals surface area contributed by atoms with Crippen molar-refractivity contribution >= 4 is 0 Å². The molecule has 3 heteroatoms. The first-order valence-electron chi connectivity index (χ1n) is 4.35. The maximum absolute atomic E-state index is 4.11. The van der Waals surface area contributed by atoms with E-state index in [9.17, 15) is 0 Å². The molecule has 0 saturated heterocycles. The minimum atomic E-state index is 0.314. The van der Waals surface area contributed by atoms with Gasteiger partial charge in [-0.15, -0.1) is 5.92 Å². The highest BCUT2D eigenvalue weighted by Crippen LogP contribution is 2.08. The van der Waals surface area contributed by atoms with E-state index in [2.05, 4.69) is 29.2 Å². The number of nitrogens with zero attached hydrogens (tertiary/aromatic N) is 2. The van der Waals surface area contributed by atoms with Crippen molar-refractivity contribution in [2.24, 2.45) is 7.05 Å². The van der Waals surface area contributed by atoms with Gasteiger partial charge in [0.2, 0.25) is 0 Å². The molecular formula is C10H15N3. The summed E-state index contributed by atoms with van der Waals surface area (Å²) in [6.45, 7) is 4.68. The zero-order valence-electron chi connectivity index (χ0n) is 8.33. The number of rotatable bonds is 3. The van der Waals surface area contributed by atoms with E-state index in [4.69, 9.17) is 0 Å². The van der Waals surface area contributed by atoms with Crippen LogP contribution in [0.1, 0.15) is 25.5 Å². The molecule has 1 rings (SSSR count). The summed E-state index contributed by atoms with van der Waals surface area (Å²) in [5.74, 6) is 5.81. The van der Waals surface area contributed by atoms with Crippen molar-refractivity contribution in [3.63, 3.8) is 0 Å². The van der Waals surface area contributed by atoms with E-state index in [-0.39, 0.29) is 0 Å². The molecule has 1 heterocycles. The summed E-state index contributed by atoms with van der Waals surface area (Å²) in [6.07, 6.45) is 3.88. The van der Waals surface area contributed by atoms with Crippen LogP contribution >= 0.6 is 0 Å². The van der Waals surface area contributed by atoms with Crippen LogP contribution in [0, 0.1) is 11.8 Å². The van der Waals surface area contributed by atoms with Crippen LogP contribution in [0.25, 0.3) is 0 Å². The van der Waals surface area contributed by atoms with Crippen LogP contribution in [0.15, 0.2) is 12.4 Å². The Morgan fingerprint density at radius 2 is 2.46 bits per heavy atom. The first-order valence-corrected chi connectivity index (χ1v) is 4.35. The molecule has 3 nitrogen and oxygen atoms in total. The van der Waals surface area contributed by atoms with E-state index in [1.807, 2.05) is 26.4 Å². The Bertz CT molecular complexity index is 316. The quantitative estimate of drug-likeness (QED) is 0.700. The van der Waals surface area contributed by atoms with Crippen LogP contribution in [-0.2, 0) is 7.05 Å². The molecule has 1 N–H and O–H groups in total. The van der Waals surface area contributed by atoms with Gasteiger partial charge >= 0.3 is 0 Å². The molecule has 13 heavy (non-hydrogen) atoms. The second-order valence-corrected chi connectivity index (χ2v) is 2.98. The van der Waals surface area contributed by atoms with Crippen molar-refractivity contribution in [3.8, 4) is 11.8 Å². The minimum absolute atomic E-state index is 0.314. The molecule has 1 aromatic rings. The van der Waals surface area contributed by atoms with Gasteiger partial charge in [-0.25, -0.2) is 0 Å². The predicted octanol–water partition coefficient (Wildman–Crippen LogP) is 1.09. The lowest BCUT2D eigenvalue weighted by Crippen LogP contribution is -2.18. The molecule has 0 aliphatic heterocycles. The first-order chi connectivity index (χ1) is 6.24. The van der Waals surface area contributed by atoms with Crippen LogP contribution in [-0.4, -0.2) is 16.3 Å². The molecule has 1 unspecified atom stereocenters. The van der Waals surface area contributed by atoms with Crippen molar-refractivity contribution in [3.05, 3.63) is 18.0 Å². The molecular weight excluding hydrogens is 162 g/mol. The largest absolute Gasteiger partial charge is 0.299 e. The lowest BCUT2D eigenvalue weighted by Gasteiger charge is -2.08. The van der Waals surface area contributed by atoms with Gasteiger partial charge in [0.25, 0.3) is 0 Å². The Kier molecular flexibility index (Phi) is 3.53. The summed E-state index contributed by atoms with van der Waals surface area (Å²) in [7, 11) is 1.92. The van der Waals surface area contributed by atoms with Crippen molar-refractivity contribution in [1.82, 2.24) is 15.1 Å². The molecule has 0 aliphatic rings. The summed E-state index contributed by atoms with van der Waals surface area (Å²) < 4.78 is 1.80. The highest BCUT2D eigenvalue weighted by Gasteiger charge is 2.04. The summed E-state index contributed by atoms with van der Waals surface area (Å²) in [5.41, 5.74) is 1.19. The molecule has 70 valence electrons. The molecule has 1 aromatic heterocycles. The zero-order valence-corrected chi connectivity index (χ0v) is 8.33. The molecule has 1 atom stereocenters. The lowest BCUT2D eigenvalue weighted by molar-refractivity contribution is 0.622. The second-order valence-electron chi connectivity index (χ2n) is 2.98. The summed E-state index contributed by atoms with van der Waals surface area (Å²) in [5, 5.41) is 7.39. The molecule has 0 fully saturated rings. The minimum Gasteiger partial charge on any atom is -0.299 e. The molecule has 0 saturated carbocycles. The number of hydrogen-bond donors (Lipinski definition) is 1. The number of nitrogens with one attached hydrogen (secondary N) is 1. The van der Waals surface area contributed by atoms with E-state index < -0.39 is 0 Å². The smallest absolute Gasteiger partial charge is 0.0581 e. The van der Waals surface area contributed by atoms with Gasteiger partial charge in [0.1, 0.15) is 0 Å². The van der Waals surface area contributed by atoms with Gasteiger partial charge < -0.3 is 0 Å². The summed E-state index contributed by atoms with van der Waals surface area (Å²) in [4.78, 5) is 0. The molecule has 0 bridgehead atoms. The maximum Gasteiger partial charge on any atom is 0.0581 e. The zero-order chi connectivity index (χ0) is 9.68. The van der Waals surface area contributed by atoms with Crippen LogP contribution in [0.2, 0.25) is 0 Å². The van der Waals surface area contributed by atoms with Crippen molar-refractivity contribution in [1.29, 1.82) is 0 Å². The fourth-order valence-corrected chi connectivity index (χ4v) is 1.07. The van der Waals surface area contributed by atoms with Crippen molar-refractivity contribution in [2.75, 3.05) is 6.54 Å². The summed E-state index contributed by atoms with van der Waals surface area (Å²) >= 11 is 0. The molecule has 0 aromatic carbocycles. The fraction of sp³-hybridized carbons (Fsp3) is 0.500. The average molecular weight is 177 g/mol. The fourth-order valence-electron chi connectivity index (χ4n) is 1.07. The topological polar surface area (TPSA) is 29.9 Å². The molecule has 0 aliphatic carbocycles. The van der Waals surface area contributed by atoms with E-state index in [1.54, 1.807) is 4.68 Å². The van der Waals surface area contributed by atoms with Gasteiger partial charge in [-0.05, 0) is 13.8 Å². The Hall–Kier alpha value is -1.27. The Balaban J connectivity index is 2.47. The van der Waals surface area contributed by atoms with Gasteiger partial charge in [0.15, 0.2) is 0 Å². The number of aromatic nitrogens is 2. The van der Waals surface area contributed by atoms with Gasteiger partial charge in [-0.3, -0.25) is 10.00 Å². The first kappa shape index (κ1) is 9.82. The molecule has 0 radical (unpaired) electrons. The highest BCUT2D eigenvalue weighted by atomic mass is 15.2. The highest BCUT2D eigenvalue weighted by molar-refractivity contribution is 5.10. The van der Waals surface area contributed by atoms with Gasteiger partial charge in [0.05, 0.1) is 12.7 Å². The van der Waals surface area contributed by atoms with Crippen LogP contribution in [0.5, 0.6) is 0 Å². The third-order valence-electron chi connectivity index (χ3n) is 1.90. The van der Waals surface area contributed by atoms with Gasteiger partial charge in [-0.1, -0.05) is 5.92 Å². The third kappa shape index (κ3) is 2.92. The predicted molar refractivity (Wildman–Crippen MR) is 53.1 cm³/mol. The van der Waals surface area contributed by atoms with Gasteiger partial charge in [-0.2, -0.15) is 5.10 Å². The molecule has 0 spiro atoms. The lowest BCUT2D eigenvalue weighted by atomic mass is 10.2. The van der Waals surface area contributed by atoms with Crippen molar-refractivity contribution < 1.29 is 0 Å². The van der Waals surface area contributed by atoms with Crippen LogP contribution < -0.4 is 5.32 Å². The maximum atomic E-state index is 4.11. The van der Waals surface area contributed by atoms with E-state index in [1.165, 1.54) is 5.56 Å². The SMILES string of the molecule is CC#CCNC(C)c1cnn(C)c1. The Morgan fingerprint density at radius 3 is 3.00 bits per heavy atom. The monoisotopic (exact) mass is 177 g/mol. The Labute approximate surface area is 79.1 Å². The summed E-state index contributed by atoms with van der Waals surface area (Å²) in [6, 6.07) is 0.314. The van der Waals surface area contributed by atoms with Crippen molar-refractivity contribution in [2.45, 2.75) is 19.9 Å². The normalized spacial score (nSPS) is 11.9. The number of aryl methyl sites for hydroxylation is 1. The van der Waals surface area contributed by atoms with E-state index >= 15 is 0 Å². The van der Waals surface area contributed by atoms with Crippen LogP contribution in [0.3, 0.4) is 0 Å². The molecule has 0 amide bonds. The van der Waals surface area contributed by atoms with E-state index in [0.29, 0.717) is 6.04 Å². The number of hydrogen-bond acceptors (Lipinski definition) is 2. The average Bonchev–Trinajstić information content (AvgIpc) is 2.52. The third-order valence-corrected chi connectivity index (χ3v) is 1.90. The second kappa shape index (κ2) is 4.68. The van der Waals surface area contributed by atoms with Gasteiger partial charge in [0, 0.05) is 24.8 Å². The Morgan fingerprint density at radius 1 is 1.69 bits per heavy atom. The van der Waals surface area contributed by atoms with Crippen LogP contribution in [0.4, 0.5) is 0 Å². The van der Waals surface area contributed by atoms with E-state index in [0.717, 1.165) is 6.54 Å².